The van der Waals surface area contributed by atoms with E-state index in [9.17, 15) is 4.79 Å². The summed E-state index contributed by atoms with van der Waals surface area (Å²) in [6.07, 6.45) is 0. The topological polar surface area (TPSA) is 50.7 Å². The zero-order chi connectivity index (χ0) is 13.0. The third kappa shape index (κ3) is 3.80. The molecule has 0 aliphatic carbocycles. The van der Waals surface area contributed by atoms with E-state index in [1.165, 1.54) is 11.8 Å². The summed E-state index contributed by atoms with van der Waals surface area (Å²) >= 11 is 13.2. The van der Waals surface area contributed by atoms with Gasteiger partial charge in [-0.05, 0) is 12.1 Å². The van der Waals surface area contributed by atoms with Crippen molar-refractivity contribution < 1.29 is 9.53 Å². The molecule has 1 aliphatic heterocycles. The number of thioether (sulfide) groups is 1. The average molecular weight is 305 g/mol. The van der Waals surface area contributed by atoms with Gasteiger partial charge in [-0.1, -0.05) is 35.0 Å². The molecule has 0 fully saturated rings. The molecule has 7 heteroatoms. The van der Waals surface area contributed by atoms with Crippen LogP contribution in [-0.2, 0) is 4.79 Å². The largest absolute Gasteiger partial charge is 0.482 e. The van der Waals surface area contributed by atoms with E-state index in [2.05, 4.69) is 10.3 Å². The predicted molar refractivity (Wildman–Crippen MR) is 74.9 cm³/mol. The Labute approximate surface area is 119 Å². The minimum atomic E-state index is -0.265. The number of nitrogens with one attached hydrogen (secondary N) is 1. The van der Waals surface area contributed by atoms with Crippen LogP contribution in [0.25, 0.3) is 0 Å². The standard InChI is InChI=1S/C11H10Cl2N2O2S/c12-7-1-2-8(13)9(5-7)17-6-10(16)15-11-14-3-4-18-11/h1-2,5H,3-4,6H2,(H,14,15,16). The fraction of sp³-hybridized carbons (Fsp3) is 0.273. The number of aliphatic imine (C=N–C) groups is 1. The Bertz CT molecular complexity index is 494. The first-order valence-corrected chi connectivity index (χ1v) is 6.94. The smallest absolute Gasteiger partial charge is 0.263 e. The van der Waals surface area contributed by atoms with Crippen LogP contribution < -0.4 is 10.1 Å². The first-order valence-electron chi connectivity index (χ1n) is 5.20. The lowest BCUT2D eigenvalue weighted by Crippen LogP contribution is -2.32. The first kappa shape index (κ1) is 13.5. The van der Waals surface area contributed by atoms with Crippen LogP contribution in [0.5, 0.6) is 5.75 Å². The van der Waals surface area contributed by atoms with Gasteiger partial charge in [0.05, 0.1) is 11.6 Å². The lowest BCUT2D eigenvalue weighted by molar-refractivity contribution is -0.121. The Balaban J connectivity index is 1.87. The molecule has 0 atom stereocenters. The van der Waals surface area contributed by atoms with Crippen LogP contribution in [0.4, 0.5) is 0 Å². The highest BCUT2D eigenvalue weighted by Gasteiger charge is 2.12. The molecular weight excluding hydrogens is 295 g/mol. The average Bonchev–Trinajstić information content (AvgIpc) is 2.83. The molecule has 0 saturated carbocycles. The van der Waals surface area contributed by atoms with Crippen LogP contribution in [0.3, 0.4) is 0 Å². The van der Waals surface area contributed by atoms with E-state index in [1.807, 2.05) is 0 Å². The molecule has 0 aromatic heterocycles. The van der Waals surface area contributed by atoms with Crippen LogP contribution in [0, 0.1) is 0 Å². The minimum Gasteiger partial charge on any atom is -0.482 e. The summed E-state index contributed by atoms with van der Waals surface area (Å²) in [5.74, 6) is 1.02. The molecule has 96 valence electrons. The minimum absolute atomic E-state index is 0.125. The Hall–Kier alpha value is -0.910. The van der Waals surface area contributed by atoms with Crippen LogP contribution in [0.2, 0.25) is 10.0 Å². The fourth-order valence-corrected chi connectivity index (χ4v) is 2.38. The third-order valence-electron chi connectivity index (χ3n) is 2.08. The zero-order valence-electron chi connectivity index (χ0n) is 9.28. The Morgan fingerprint density at radius 2 is 2.33 bits per heavy atom. The maximum Gasteiger partial charge on any atom is 0.263 e. The van der Waals surface area contributed by atoms with E-state index in [0.717, 1.165) is 12.3 Å². The van der Waals surface area contributed by atoms with Crippen molar-refractivity contribution in [3.05, 3.63) is 28.2 Å². The van der Waals surface area contributed by atoms with Crippen molar-refractivity contribution in [2.45, 2.75) is 0 Å². The number of carbonyl (C=O) groups excluding carboxylic acids is 1. The quantitative estimate of drug-likeness (QED) is 0.934. The highest BCUT2D eigenvalue weighted by Crippen LogP contribution is 2.27. The monoisotopic (exact) mass is 304 g/mol. The van der Waals surface area contributed by atoms with Crippen LogP contribution in [-0.4, -0.2) is 30.0 Å². The van der Waals surface area contributed by atoms with Crippen molar-refractivity contribution in [1.29, 1.82) is 0 Å². The van der Waals surface area contributed by atoms with Crippen molar-refractivity contribution >= 4 is 46.0 Å². The number of amidine groups is 1. The number of benzene rings is 1. The number of hydrogen-bond donors (Lipinski definition) is 1. The normalized spacial score (nSPS) is 14.2. The van der Waals surface area contributed by atoms with Gasteiger partial charge in [-0.15, -0.1) is 0 Å². The molecule has 0 unspecified atom stereocenters. The number of carbonyl (C=O) groups is 1. The molecule has 1 aromatic carbocycles. The number of amides is 1. The molecule has 1 amide bonds. The number of halogens is 2. The van der Waals surface area contributed by atoms with Gasteiger partial charge in [0.15, 0.2) is 11.8 Å². The van der Waals surface area contributed by atoms with Gasteiger partial charge in [-0.25, -0.2) is 0 Å². The summed E-state index contributed by atoms with van der Waals surface area (Å²) in [4.78, 5) is 15.7. The van der Waals surface area contributed by atoms with Gasteiger partial charge in [-0.3, -0.25) is 9.79 Å². The summed E-state index contributed by atoms with van der Waals surface area (Å²) in [5, 5.41) is 4.22. The Morgan fingerprint density at radius 1 is 1.50 bits per heavy atom. The SMILES string of the molecule is O=C(COc1cc(Cl)ccc1Cl)NC1=NCCS1. The van der Waals surface area contributed by atoms with Gasteiger partial charge in [-0.2, -0.15) is 0 Å². The van der Waals surface area contributed by atoms with Crippen LogP contribution in [0.15, 0.2) is 23.2 Å². The molecule has 2 rings (SSSR count). The van der Waals surface area contributed by atoms with E-state index >= 15 is 0 Å². The van der Waals surface area contributed by atoms with Gasteiger partial charge in [0, 0.05) is 16.8 Å². The van der Waals surface area contributed by atoms with Gasteiger partial charge in [0.1, 0.15) is 5.75 Å². The molecule has 4 nitrogen and oxygen atoms in total. The van der Waals surface area contributed by atoms with Crippen molar-refractivity contribution in [3.8, 4) is 5.75 Å². The molecule has 1 N–H and O–H groups in total. The summed E-state index contributed by atoms with van der Waals surface area (Å²) in [6, 6.07) is 4.84. The van der Waals surface area contributed by atoms with E-state index < -0.39 is 0 Å². The summed E-state index contributed by atoms with van der Waals surface area (Å²) in [7, 11) is 0. The molecule has 0 bridgehead atoms. The van der Waals surface area contributed by atoms with Gasteiger partial charge in [0.2, 0.25) is 0 Å². The van der Waals surface area contributed by atoms with Crippen molar-refractivity contribution in [3.63, 3.8) is 0 Å². The number of ether oxygens (including phenoxy) is 1. The zero-order valence-corrected chi connectivity index (χ0v) is 11.6. The van der Waals surface area contributed by atoms with Gasteiger partial charge in [0.25, 0.3) is 5.91 Å². The molecule has 1 heterocycles. The molecule has 0 spiro atoms. The summed E-state index contributed by atoms with van der Waals surface area (Å²) < 4.78 is 5.30. The third-order valence-corrected chi connectivity index (χ3v) is 3.52. The number of hydrogen-bond acceptors (Lipinski definition) is 4. The molecule has 0 radical (unpaired) electrons. The van der Waals surface area contributed by atoms with E-state index in [1.54, 1.807) is 18.2 Å². The second-order valence-corrected chi connectivity index (χ2v) is 5.37. The van der Waals surface area contributed by atoms with Crippen molar-refractivity contribution in [1.82, 2.24) is 5.32 Å². The first-order chi connectivity index (χ1) is 8.65. The maximum atomic E-state index is 11.6. The molecule has 18 heavy (non-hydrogen) atoms. The Kier molecular flexibility index (Phi) is 4.74. The van der Waals surface area contributed by atoms with E-state index in [-0.39, 0.29) is 12.5 Å². The lowest BCUT2D eigenvalue weighted by atomic mass is 10.3. The number of rotatable bonds is 3. The van der Waals surface area contributed by atoms with E-state index in [0.29, 0.717) is 21.0 Å². The fourth-order valence-electron chi connectivity index (χ4n) is 1.30. The van der Waals surface area contributed by atoms with Crippen LogP contribution in [0.1, 0.15) is 0 Å². The van der Waals surface area contributed by atoms with E-state index in [4.69, 9.17) is 27.9 Å². The molecule has 0 saturated heterocycles. The van der Waals surface area contributed by atoms with Gasteiger partial charge >= 0.3 is 0 Å². The second-order valence-electron chi connectivity index (χ2n) is 3.45. The summed E-state index contributed by atoms with van der Waals surface area (Å²) in [5.41, 5.74) is 0. The van der Waals surface area contributed by atoms with Gasteiger partial charge < -0.3 is 10.1 Å². The van der Waals surface area contributed by atoms with Crippen molar-refractivity contribution in [2.75, 3.05) is 18.9 Å². The summed E-state index contributed by atoms with van der Waals surface area (Å²) in [6.45, 7) is 0.612. The highest BCUT2D eigenvalue weighted by atomic mass is 35.5. The highest BCUT2D eigenvalue weighted by molar-refractivity contribution is 8.14. The molecular formula is C11H10Cl2N2O2S. The second kappa shape index (κ2) is 6.31. The van der Waals surface area contributed by atoms with Crippen LogP contribution >= 0.6 is 35.0 Å². The molecule has 1 aromatic rings. The maximum absolute atomic E-state index is 11.6. The predicted octanol–water partition coefficient (Wildman–Crippen LogP) is 2.59. The molecule has 1 aliphatic rings. The number of nitrogens with zero attached hydrogens (tertiary/aromatic N) is 1. The van der Waals surface area contributed by atoms with Crippen molar-refractivity contribution in [2.24, 2.45) is 4.99 Å². The lowest BCUT2D eigenvalue weighted by Gasteiger charge is -2.08. The Morgan fingerprint density at radius 3 is 3.06 bits per heavy atom.